The van der Waals surface area contributed by atoms with E-state index in [2.05, 4.69) is 20.0 Å². The second kappa shape index (κ2) is 6.65. The molecule has 1 heterocycles. The molecule has 0 saturated carbocycles. The zero-order chi connectivity index (χ0) is 13.6. The van der Waals surface area contributed by atoms with Crippen LogP contribution < -0.4 is 10.0 Å². The van der Waals surface area contributed by atoms with E-state index in [1.54, 1.807) is 7.05 Å². The van der Waals surface area contributed by atoms with Gasteiger partial charge in [0.1, 0.15) is 4.90 Å². The second-order valence-corrected chi connectivity index (χ2v) is 5.79. The van der Waals surface area contributed by atoms with E-state index in [0.717, 1.165) is 12.8 Å². The van der Waals surface area contributed by atoms with Crippen LogP contribution in [-0.2, 0) is 10.0 Å². The average Bonchev–Trinajstić information content (AvgIpc) is 2.40. The molecular formula is C11H20N4O2S. The second-order valence-electron chi connectivity index (χ2n) is 4.03. The van der Waals surface area contributed by atoms with Crippen LogP contribution in [0.15, 0.2) is 17.3 Å². The number of nitrogens with zero attached hydrogens (tertiary/aromatic N) is 2. The van der Waals surface area contributed by atoms with Gasteiger partial charge in [0.15, 0.2) is 0 Å². The van der Waals surface area contributed by atoms with Gasteiger partial charge in [-0.1, -0.05) is 26.7 Å². The lowest BCUT2D eigenvalue weighted by atomic mass is 10.0. The van der Waals surface area contributed by atoms with Crippen molar-refractivity contribution in [2.45, 2.75) is 31.6 Å². The number of nitrogens with one attached hydrogen (secondary N) is 2. The molecule has 7 heteroatoms. The van der Waals surface area contributed by atoms with Gasteiger partial charge in [-0.3, -0.25) is 0 Å². The Bertz CT molecular complexity index is 454. The number of hydrogen-bond donors (Lipinski definition) is 2. The third kappa shape index (κ3) is 3.92. The Labute approximate surface area is 108 Å². The van der Waals surface area contributed by atoms with Gasteiger partial charge in [0.05, 0.1) is 12.4 Å². The Kier molecular flexibility index (Phi) is 5.49. The molecule has 0 aromatic carbocycles. The molecule has 2 N–H and O–H groups in total. The summed E-state index contributed by atoms with van der Waals surface area (Å²) in [5, 5.41) is 2.74. The SMILES string of the molecule is CCC(CC)CNS(=O)(=O)c1cnc(NC)nc1. The summed E-state index contributed by atoms with van der Waals surface area (Å²) >= 11 is 0. The van der Waals surface area contributed by atoms with Gasteiger partial charge in [-0.15, -0.1) is 0 Å². The van der Waals surface area contributed by atoms with Gasteiger partial charge in [-0.25, -0.2) is 23.1 Å². The van der Waals surface area contributed by atoms with E-state index < -0.39 is 10.0 Å². The molecule has 18 heavy (non-hydrogen) atoms. The van der Waals surface area contributed by atoms with Crippen molar-refractivity contribution in [2.75, 3.05) is 18.9 Å². The number of hydrogen-bond acceptors (Lipinski definition) is 5. The predicted molar refractivity (Wildman–Crippen MR) is 70.8 cm³/mol. The van der Waals surface area contributed by atoms with E-state index in [1.165, 1.54) is 12.4 Å². The molecule has 1 aromatic rings. The summed E-state index contributed by atoms with van der Waals surface area (Å²) in [5.41, 5.74) is 0. The molecule has 0 saturated heterocycles. The molecule has 0 aliphatic rings. The lowest BCUT2D eigenvalue weighted by Crippen LogP contribution is -2.29. The summed E-state index contributed by atoms with van der Waals surface area (Å²) in [6, 6.07) is 0. The van der Waals surface area contributed by atoms with Gasteiger partial charge in [0.2, 0.25) is 16.0 Å². The van der Waals surface area contributed by atoms with Crippen LogP contribution in [0.1, 0.15) is 26.7 Å². The molecule has 0 amide bonds. The van der Waals surface area contributed by atoms with Crippen molar-refractivity contribution in [1.29, 1.82) is 0 Å². The third-order valence-electron chi connectivity index (χ3n) is 2.88. The van der Waals surface area contributed by atoms with Crippen LogP contribution in [0.3, 0.4) is 0 Å². The van der Waals surface area contributed by atoms with Crippen LogP contribution in [0.2, 0.25) is 0 Å². The molecule has 1 rings (SSSR count). The highest BCUT2D eigenvalue weighted by Crippen LogP contribution is 2.10. The largest absolute Gasteiger partial charge is 0.357 e. The Balaban J connectivity index is 2.73. The number of aromatic nitrogens is 2. The molecular weight excluding hydrogens is 252 g/mol. The Morgan fingerprint density at radius 3 is 2.22 bits per heavy atom. The normalized spacial score (nSPS) is 11.8. The average molecular weight is 272 g/mol. The van der Waals surface area contributed by atoms with Crippen molar-refractivity contribution in [1.82, 2.24) is 14.7 Å². The molecule has 0 spiro atoms. The fraction of sp³-hybridized carbons (Fsp3) is 0.636. The van der Waals surface area contributed by atoms with Gasteiger partial charge >= 0.3 is 0 Å². The lowest BCUT2D eigenvalue weighted by Gasteiger charge is -2.13. The van der Waals surface area contributed by atoms with Crippen molar-refractivity contribution in [2.24, 2.45) is 5.92 Å². The molecule has 6 nitrogen and oxygen atoms in total. The minimum Gasteiger partial charge on any atom is -0.357 e. The number of sulfonamides is 1. The molecule has 102 valence electrons. The minimum atomic E-state index is -3.50. The van der Waals surface area contributed by atoms with E-state index in [9.17, 15) is 8.42 Å². The highest BCUT2D eigenvalue weighted by molar-refractivity contribution is 7.89. The Morgan fingerprint density at radius 2 is 1.78 bits per heavy atom. The maximum Gasteiger partial charge on any atom is 0.243 e. The Morgan fingerprint density at radius 1 is 1.22 bits per heavy atom. The van der Waals surface area contributed by atoms with E-state index in [0.29, 0.717) is 18.4 Å². The minimum absolute atomic E-state index is 0.0902. The fourth-order valence-corrected chi connectivity index (χ4v) is 2.48. The highest BCUT2D eigenvalue weighted by Gasteiger charge is 2.16. The van der Waals surface area contributed by atoms with Crippen LogP contribution in [0.5, 0.6) is 0 Å². The van der Waals surface area contributed by atoms with Gasteiger partial charge < -0.3 is 5.32 Å². The van der Waals surface area contributed by atoms with Gasteiger partial charge in [0, 0.05) is 13.6 Å². The molecule has 0 atom stereocenters. The van der Waals surface area contributed by atoms with Crippen LogP contribution in [0, 0.1) is 5.92 Å². The van der Waals surface area contributed by atoms with Gasteiger partial charge in [-0.2, -0.15) is 0 Å². The smallest absolute Gasteiger partial charge is 0.243 e. The summed E-state index contributed by atoms with van der Waals surface area (Å²) < 4.78 is 26.5. The third-order valence-corrected chi connectivity index (χ3v) is 4.26. The molecule has 0 radical (unpaired) electrons. The molecule has 1 aromatic heterocycles. The molecule has 0 bridgehead atoms. The molecule has 0 aliphatic carbocycles. The van der Waals surface area contributed by atoms with E-state index in [-0.39, 0.29) is 4.90 Å². The van der Waals surface area contributed by atoms with Crippen molar-refractivity contribution in [3.8, 4) is 0 Å². The predicted octanol–water partition coefficient (Wildman–Crippen LogP) is 1.23. The zero-order valence-corrected chi connectivity index (χ0v) is 11.8. The van der Waals surface area contributed by atoms with E-state index in [4.69, 9.17) is 0 Å². The van der Waals surface area contributed by atoms with E-state index >= 15 is 0 Å². The van der Waals surface area contributed by atoms with Crippen LogP contribution >= 0.6 is 0 Å². The summed E-state index contributed by atoms with van der Waals surface area (Å²) in [6.45, 7) is 4.55. The molecule has 0 unspecified atom stereocenters. The summed E-state index contributed by atoms with van der Waals surface area (Å²) in [7, 11) is -1.83. The zero-order valence-electron chi connectivity index (χ0n) is 11.0. The first kappa shape index (κ1) is 14.8. The summed E-state index contributed by atoms with van der Waals surface area (Å²) in [4.78, 5) is 7.87. The summed E-state index contributed by atoms with van der Waals surface area (Å²) in [5.74, 6) is 0.756. The standard InChI is InChI=1S/C11H20N4O2S/c1-4-9(5-2)6-15-18(16,17)10-7-13-11(12-3)14-8-10/h7-9,15H,4-6H2,1-3H3,(H,12,13,14). The maximum atomic E-state index is 12.0. The highest BCUT2D eigenvalue weighted by atomic mass is 32.2. The number of anilines is 1. The monoisotopic (exact) mass is 272 g/mol. The van der Waals surface area contributed by atoms with Crippen molar-refractivity contribution in [3.63, 3.8) is 0 Å². The van der Waals surface area contributed by atoms with E-state index in [1.807, 2.05) is 13.8 Å². The van der Waals surface area contributed by atoms with Gasteiger partial charge in [0.25, 0.3) is 0 Å². The number of rotatable bonds is 7. The summed E-state index contributed by atoms with van der Waals surface area (Å²) in [6.07, 6.45) is 4.50. The quantitative estimate of drug-likeness (QED) is 0.780. The topological polar surface area (TPSA) is 84.0 Å². The first-order valence-electron chi connectivity index (χ1n) is 6.03. The van der Waals surface area contributed by atoms with Crippen molar-refractivity contribution < 1.29 is 8.42 Å². The first-order chi connectivity index (χ1) is 8.53. The molecule has 0 aliphatic heterocycles. The molecule has 0 fully saturated rings. The van der Waals surface area contributed by atoms with Crippen LogP contribution in [0.25, 0.3) is 0 Å². The van der Waals surface area contributed by atoms with Crippen LogP contribution in [-0.4, -0.2) is 32.0 Å². The van der Waals surface area contributed by atoms with Crippen LogP contribution in [0.4, 0.5) is 5.95 Å². The Hall–Kier alpha value is -1.21. The van der Waals surface area contributed by atoms with Crippen molar-refractivity contribution >= 4 is 16.0 Å². The van der Waals surface area contributed by atoms with Gasteiger partial charge in [-0.05, 0) is 5.92 Å². The van der Waals surface area contributed by atoms with Crippen molar-refractivity contribution in [3.05, 3.63) is 12.4 Å². The lowest BCUT2D eigenvalue weighted by molar-refractivity contribution is 0.478. The first-order valence-corrected chi connectivity index (χ1v) is 7.51. The maximum absolute atomic E-state index is 12.0. The fourth-order valence-electron chi connectivity index (χ4n) is 1.47.